The summed E-state index contributed by atoms with van der Waals surface area (Å²) in [6.07, 6.45) is 16.7. The highest BCUT2D eigenvalue weighted by atomic mass is 15.1. The van der Waals surface area contributed by atoms with Crippen molar-refractivity contribution in [2.24, 2.45) is 0 Å². The molecule has 0 radical (unpaired) electrons. The van der Waals surface area contributed by atoms with Crippen LogP contribution in [0.3, 0.4) is 0 Å². The molecule has 43 heavy (non-hydrogen) atoms. The van der Waals surface area contributed by atoms with E-state index in [-0.39, 0.29) is 5.41 Å². The molecule has 1 aliphatic heterocycles. The summed E-state index contributed by atoms with van der Waals surface area (Å²) in [5.41, 5.74) is 13.1. The van der Waals surface area contributed by atoms with Gasteiger partial charge in [-0.3, -0.25) is 4.98 Å². The van der Waals surface area contributed by atoms with Crippen molar-refractivity contribution in [1.82, 2.24) is 4.98 Å². The van der Waals surface area contributed by atoms with Crippen molar-refractivity contribution in [2.75, 3.05) is 16.8 Å². The molecule has 1 aromatic heterocycles. The average molecular weight is 562 g/mol. The molecule has 3 heteroatoms. The highest BCUT2D eigenvalue weighted by Crippen LogP contribution is 2.43. The Hall–Kier alpha value is -4.63. The van der Waals surface area contributed by atoms with Crippen molar-refractivity contribution in [3.8, 4) is 0 Å². The van der Waals surface area contributed by atoms with Gasteiger partial charge >= 0.3 is 0 Å². The van der Waals surface area contributed by atoms with Crippen molar-refractivity contribution in [2.45, 2.75) is 51.9 Å². The molecule has 0 atom stereocenters. The fourth-order valence-electron chi connectivity index (χ4n) is 6.92. The molecular formula is C40H39N3. The van der Waals surface area contributed by atoms with E-state index in [1.807, 2.05) is 12.4 Å². The van der Waals surface area contributed by atoms with Crippen LogP contribution in [0.4, 0.5) is 22.7 Å². The third kappa shape index (κ3) is 5.14. The Morgan fingerprint density at radius 2 is 1.58 bits per heavy atom. The number of anilines is 4. The van der Waals surface area contributed by atoms with Crippen molar-refractivity contribution in [1.29, 1.82) is 0 Å². The number of para-hydroxylation sites is 1. The van der Waals surface area contributed by atoms with Gasteiger partial charge in [-0.05, 0) is 107 Å². The zero-order valence-electron chi connectivity index (χ0n) is 25.4. The Balaban J connectivity index is 1.34. The number of fused-ring (bicyclic) bond motifs is 1. The maximum Gasteiger partial charge on any atom is 0.0540 e. The van der Waals surface area contributed by atoms with Crippen molar-refractivity contribution >= 4 is 33.5 Å². The van der Waals surface area contributed by atoms with Crippen LogP contribution in [0.2, 0.25) is 0 Å². The lowest BCUT2D eigenvalue weighted by atomic mass is 9.79. The van der Waals surface area contributed by atoms with Gasteiger partial charge in [0.15, 0.2) is 0 Å². The second-order valence-electron chi connectivity index (χ2n) is 12.6. The summed E-state index contributed by atoms with van der Waals surface area (Å²) in [6, 6.07) is 29.4. The van der Waals surface area contributed by atoms with Crippen LogP contribution in [0, 0.1) is 6.92 Å². The van der Waals surface area contributed by atoms with E-state index < -0.39 is 0 Å². The summed E-state index contributed by atoms with van der Waals surface area (Å²) in [6.45, 7) is 7.75. The molecule has 1 N–H and O–H groups in total. The number of nitrogens with zero attached hydrogens (tertiary/aromatic N) is 2. The monoisotopic (exact) mass is 561 g/mol. The third-order valence-electron chi connectivity index (χ3n) is 9.28. The number of aromatic nitrogens is 1. The first-order valence-corrected chi connectivity index (χ1v) is 15.5. The van der Waals surface area contributed by atoms with E-state index in [9.17, 15) is 0 Å². The molecule has 7 rings (SSSR count). The SMILES string of the molecule is Cc1ccc(N(c2ccncc2)c2ccc3c4c(cccc24)CC3)cc1Cc1cccc2c1NC/C=C\C=C/CC2(C)C. The maximum atomic E-state index is 4.34. The fourth-order valence-corrected chi connectivity index (χ4v) is 6.92. The Morgan fingerprint density at radius 3 is 2.44 bits per heavy atom. The summed E-state index contributed by atoms with van der Waals surface area (Å²) in [5.74, 6) is 0. The molecule has 0 unspecified atom stereocenters. The van der Waals surface area contributed by atoms with E-state index in [0.29, 0.717) is 0 Å². The van der Waals surface area contributed by atoms with E-state index in [0.717, 1.165) is 37.9 Å². The van der Waals surface area contributed by atoms with Gasteiger partial charge < -0.3 is 10.2 Å². The molecule has 0 fully saturated rings. The van der Waals surface area contributed by atoms with Crippen LogP contribution in [0.25, 0.3) is 10.8 Å². The molecular weight excluding hydrogens is 522 g/mol. The number of aryl methyl sites for hydroxylation is 3. The molecule has 2 aliphatic rings. The quantitative estimate of drug-likeness (QED) is 0.231. The predicted molar refractivity (Wildman–Crippen MR) is 182 cm³/mol. The number of allylic oxidation sites excluding steroid dienone is 3. The van der Waals surface area contributed by atoms with Gasteiger partial charge in [-0.15, -0.1) is 0 Å². The zero-order valence-corrected chi connectivity index (χ0v) is 25.4. The fraction of sp³-hybridized carbons (Fsp3) is 0.225. The van der Waals surface area contributed by atoms with Crippen LogP contribution in [-0.4, -0.2) is 11.5 Å². The Morgan fingerprint density at radius 1 is 0.791 bits per heavy atom. The second-order valence-corrected chi connectivity index (χ2v) is 12.6. The van der Waals surface area contributed by atoms with Crippen molar-refractivity contribution in [3.05, 3.63) is 149 Å². The van der Waals surface area contributed by atoms with Gasteiger partial charge in [0.05, 0.1) is 5.69 Å². The van der Waals surface area contributed by atoms with E-state index in [4.69, 9.17) is 0 Å². The third-order valence-corrected chi connectivity index (χ3v) is 9.28. The Kier molecular flexibility index (Phi) is 7.10. The molecule has 1 aliphatic carbocycles. The minimum atomic E-state index is 0.0326. The average Bonchev–Trinajstić information content (AvgIpc) is 3.45. The molecule has 3 nitrogen and oxygen atoms in total. The van der Waals surface area contributed by atoms with Gasteiger partial charge in [0, 0.05) is 41.4 Å². The van der Waals surface area contributed by atoms with E-state index in [2.05, 4.69) is 139 Å². The van der Waals surface area contributed by atoms with Crippen LogP contribution in [0.5, 0.6) is 0 Å². The summed E-state index contributed by atoms with van der Waals surface area (Å²) in [4.78, 5) is 6.75. The van der Waals surface area contributed by atoms with Crippen LogP contribution in [-0.2, 0) is 24.7 Å². The molecule has 0 amide bonds. The number of hydrogen-bond donors (Lipinski definition) is 1. The van der Waals surface area contributed by atoms with E-state index in [1.165, 1.54) is 61.2 Å². The normalized spacial score (nSPS) is 16.7. The number of benzene rings is 4. The Bertz CT molecular complexity index is 1850. The first-order valence-electron chi connectivity index (χ1n) is 15.5. The lowest BCUT2D eigenvalue weighted by Gasteiger charge is -2.30. The molecule has 0 saturated carbocycles. The predicted octanol–water partition coefficient (Wildman–Crippen LogP) is 9.91. The number of rotatable bonds is 5. The van der Waals surface area contributed by atoms with Crippen LogP contribution in [0.15, 0.2) is 116 Å². The smallest absolute Gasteiger partial charge is 0.0540 e. The lowest BCUT2D eigenvalue weighted by Crippen LogP contribution is -2.20. The molecule has 2 heterocycles. The molecule has 0 saturated heterocycles. The van der Waals surface area contributed by atoms with Crippen molar-refractivity contribution in [3.63, 3.8) is 0 Å². The van der Waals surface area contributed by atoms with Crippen LogP contribution >= 0.6 is 0 Å². The largest absolute Gasteiger partial charge is 0.381 e. The summed E-state index contributed by atoms with van der Waals surface area (Å²) in [7, 11) is 0. The minimum Gasteiger partial charge on any atom is -0.381 e. The molecule has 4 aromatic carbocycles. The number of hydrogen-bond acceptors (Lipinski definition) is 3. The molecule has 5 aromatic rings. The molecule has 0 spiro atoms. The molecule has 0 bridgehead atoms. The van der Waals surface area contributed by atoms with E-state index in [1.54, 1.807) is 0 Å². The highest BCUT2D eigenvalue weighted by Gasteiger charge is 2.25. The van der Waals surface area contributed by atoms with Gasteiger partial charge in [-0.1, -0.05) is 86.7 Å². The van der Waals surface area contributed by atoms with Crippen LogP contribution in [0.1, 0.15) is 53.6 Å². The van der Waals surface area contributed by atoms with Gasteiger partial charge in [0.25, 0.3) is 0 Å². The van der Waals surface area contributed by atoms with Gasteiger partial charge in [-0.25, -0.2) is 0 Å². The first kappa shape index (κ1) is 27.2. The number of pyridine rings is 1. The van der Waals surface area contributed by atoms with Crippen molar-refractivity contribution < 1.29 is 0 Å². The van der Waals surface area contributed by atoms with Gasteiger partial charge in [-0.2, -0.15) is 0 Å². The van der Waals surface area contributed by atoms with Crippen LogP contribution < -0.4 is 10.2 Å². The maximum absolute atomic E-state index is 4.34. The topological polar surface area (TPSA) is 28.2 Å². The van der Waals surface area contributed by atoms with Gasteiger partial charge in [0.1, 0.15) is 0 Å². The first-order chi connectivity index (χ1) is 21.0. The highest BCUT2D eigenvalue weighted by molar-refractivity contribution is 6.03. The number of nitrogens with one attached hydrogen (secondary N) is 1. The Labute approximate surface area is 255 Å². The zero-order chi connectivity index (χ0) is 29.4. The molecule has 214 valence electrons. The minimum absolute atomic E-state index is 0.0326. The van der Waals surface area contributed by atoms with E-state index >= 15 is 0 Å². The summed E-state index contributed by atoms with van der Waals surface area (Å²) < 4.78 is 0. The lowest BCUT2D eigenvalue weighted by molar-refractivity contribution is 0.535. The second kappa shape index (κ2) is 11.2. The standard InChI is InChI=1S/C40H39N3/c1-28-14-18-34(27-32(28)26-31-11-9-13-36-39(31)42-23-7-5-4-6-22-40(36,2)3)43(33-20-24-41-25-21-33)37-19-17-30-16-15-29-10-8-12-35(37)38(29)30/h4-14,17-21,24-25,27,42H,15-16,22-23,26H2,1-3H3/b6-4-,7-5-. The van der Waals surface area contributed by atoms with Gasteiger partial charge in [0.2, 0.25) is 0 Å². The summed E-state index contributed by atoms with van der Waals surface area (Å²) in [5, 5.41) is 6.53. The summed E-state index contributed by atoms with van der Waals surface area (Å²) >= 11 is 0.